The van der Waals surface area contributed by atoms with E-state index in [4.69, 9.17) is 10.5 Å². The van der Waals surface area contributed by atoms with Crippen molar-refractivity contribution in [1.29, 1.82) is 0 Å². The predicted octanol–water partition coefficient (Wildman–Crippen LogP) is 3.82. The fourth-order valence-corrected chi connectivity index (χ4v) is 3.93. The van der Waals surface area contributed by atoms with Crippen molar-refractivity contribution in [3.8, 4) is 0 Å². The van der Waals surface area contributed by atoms with Crippen LogP contribution in [0.15, 0.2) is 12.4 Å². The highest BCUT2D eigenvalue weighted by Gasteiger charge is 2.33. The molecule has 6 heteroatoms. The van der Waals surface area contributed by atoms with Gasteiger partial charge in [-0.3, -0.25) is 0 Å². The zero-order chi connectivity index (χ0) is 19.2. The van der Waals surface area contributed by atoms with E-state index in [2.05, 4.69) is 29.6 Å². The van der Waals surface area contributed by atoms with Crippen molar-refractivity contribution in [2.24, 2.45) is 13.0 Å². The Hall–Kier alpha value is -2.24. The zero-order valence-corrected chi connectivity index (χ0v) is 16.7. The number of rotatable bonds is 1. The van der Waals surface area contributed by atoms with Crippen molar-refractivity contribution in [1.82, 2.24) is 14.5 Å². The molecule has 0 aliphatic carbocycles. The van der Waals surface area contributed by atoms with Crippen LogP contribution in [0.5, 0.6) is 0 Å². The van der Waals surface area contributed by atoms with Crippen molar-refractivity contribution in [3.05, 3.63) is 23.5 Å². The van der Waals surface area contributed by atoms with Gasteiger partial charge < -0.3 is 19.9 Å². The third-order valence-corrected chi connectivity index (χ3v) is 5.27. The van der Waals surface area contributed by atoms with Gasteiger partial charge in [0.25, 0.3) is 0 Å². The molecule has 0 saturated carbocycles. The normalized spacial score (nSPS) is 21.2. The number of carbonyl (C=O) groups excluding carboxylic acids is 1. The van der Waals surface area contributed by atoms with Gasteiger partial charge in [0.1, 0.15) is 11.2 Å². The molecular weight excluding hydrogens is 328 g/mol. The Labute approximate surface area is 155 Å². The third kappa shape index (κ3) is 3.37. The second kappa shape index (κ2) is 6.49. The van der Waals surface area contributed by atoms with Crippen LogP contribution in [0.2, 0.25) is 0 Å². The maximum Gasteiger partial charge on any atom is 0.410 e. The lowest BCUT2D eigenvalue weighted by atomic mass is 9.81. The van der Waals surface area contributed by atoms with Gasteiger partial charge >= 0.3 is 6.09 Å². The van der Waals surface area contributed by atoms with Gasteiger partial charge in [-0.1, -0.05) is 6.92 Å². The SMILES string of the molecule is Cc1c(N)cnc2c1c([C@@H]1CCN(C(=O)OC(C)(C)C)C[C@@H]1C)cn2C. The molecule has 3 heterocycles. The average Bonchev–Trinajstić information content (AvgIpc) is 2.86. The monoisotopic (exact) mass is 358 g/mol. The first-order chi connectivity index (χ1) is 12.1. The molecule has 2 N–H and O–H groups in total. The molecular formula is C20H30N4O2. The van der Waals surface area contributed by atoms with E-state index < -0.39 is 5.60 Å². The quantitative estimate of drug-likeness (QED) is 0.841. The summed E-state index contributed by atoms with van der Waals surface area (Å²) in [5.41, 5.74) is 9.71. The molecule has 2 atom stereocenters. The summed E-state index contributed by atoms with van der Waals surface area (Å²) >= 11 is 0. The molecule has 0 spiro atoms. The lowest BCUT2D eigenvalue weighted by Crippen LogP contribution is -2.44. The largest absolute Gasteiger partial charge is 0.444 e. The summed E-state index contributed by atoms with van der Waals surface area (Å²) in [7, 11) is 2.02. The Morgan fingerprint density at radius 3 is 2.69 bits per heavy atom. The average molecular weight is 358 g/mol. The van der Waals surface area contributed by atoms with E-state index in [0.717, 1.165) is 28.7 Å². The smallest absolute Gasteiger partial charge is 0.410 e. The standard InChI is InChI=1S/C20H30N4O2/c1-12-10-24(19(25)26-20(3,4)5)8-7-14(12)15-11-23(6)18-17(15)13(2)16(21)9-22-18/h9,11-12,14H,7-8,10,21H2,1-6H3/t12-,14+/m0/s1. The number of fused-ring (bicyclic) bond motifs is 1. The molecule has 0 bridgehead atoms. The number of ether oxygens (including phenoxy) is 1. The van der Waals surface area contributed by atoms with E-state index in [9.17, 15) is 4.79 Å². The van der Waals surface area contributed by atoms with Crippen molar-refractivity contribution < 1.29 is 9.53 Å². The molecule has 2 aromatic heterocycles. The van der Waals surface area contributed by atoms with Crippen molar-refractivity contribution in [3.63, 3.8) is 0 Å². The van der Waals surface area contributed by atoms with Crippen LogP contribution < -0.4 is 5.73 Å². The minimum atomic E-state index is -0.465. The van der Waals surface area contributed by atoms with Gasteiger partial charge in [-0.2, -0.15) is 0 Å². The molecule has 1 saturated heterocycles. The van der Waals surface area contributed by atoms with Crippen molar-refractivity contribution in [2.45, 2.75) is 52.6 Å². The highest BCUT2D eigenvalue weighted by atomic mass is 16.6. The first kappa shape index (κ1) is 18.5. The van der Waals surface area contributed by atoms with Gasteiger partial charge in [0, 0.05) is 31.7 Å². The Kier molecular flexibility index (Phi) is 4.63. The van der Waals surface area contributed by atoms with Crippen LogP contribution in [-0.4, -0.2) is 39.2 Å². The number of aryl methyl sites for hydroxylation is 2. The van der Waals surface area contributed by atoms with E-state index in [-0.39, 0.29) is 6.09 Å². The molecule has 1 aliphatic heterocycles. The number of carbonyl (C=O) groups is 1. The van der Waals surface area contributed by atoms with Gasteiger partial charge in [-0.05, 0) is 57.1 Å². The number of likely N-dealkylation sites (tertiary alicyclic amines) is 1. The van der Waals surface area contributed by atoms with Crippen LogP contribution in [0.4, 0.5) is 10.5 Å². The number of hydrogen-bond donors (Lipinski definition) is 1. The predicted molar refractivity (Wildman–Crippen MR) is 104 cm³/mol. The maximum absolute atomic E-state index is 12.4. The molecule has 0 aromatic carbocycles. The molecule has 3 rings (SSSR count). The van der Waals surface area contributed by atoms with E-state index >= 15 is 0 Å². The van der Waals surface area contributed by atoms with E-state index in [1.807, 2.05) is 32.7 Å². The topological polar surface area (TPSA) is 73.4 Å². The van der Waals surface area contributed by atoms with E-state index in [1.54, 1.807) is 6.20 Å². The minimum absolute atomic E-state index is 0.220. The highest BCUT2D eigenvalue weighted by molar-refractivity contribution is 5.88. The summed E-state index contributed by atoms with van der Waals surface area (Å²) < 4.78 is 7.61. The Balaban J connectivity index is 1.86. The van der Waals surface area contributed by atoms with Crippen LogP contribution in [0, 0.1) is 12.8 Å². The number of pyridine rings is 1. The number of hydrogen-bond acceptors (Lipinski definition) is 4. The van der Waals surface area contributed by atoms with Crippen molar-refractivity contribution >= 4 is 22.8 Å². The fourth-order valence-electron chi connectivity index (χ4n) is 3.93. The van der Waals surface area contributed by atoms with Gasteiger partial charge in [-0.25, -0.2) is 9.78 Å². The molecule has 1 amide bonds. The maximum atomic E-state index is 12.4. The minimum Gasteiger partial charge on any atom is -0.444 e. The van der Waals surface area contributed by atoms with Crippen LogP contribution in [0.1, 0.15) is 51.2 Å². The Bertz CT molecular complexity index is 834. The first-order valence-corrected chi connectivity index (χ1v) is 9.26. The summed E-state index contributed by atoms with van der Waals surface area (Å²) in [5.74, 6) is 0.711. The third-order valence-electron chi connectivity index (χ3n) is 5.27. The summed E-state index contributed by atoms with van der Waals surface area (Å²) in [4.78, 5) is 18.7. The van der Waals surface area contributed by atoms with Gasteiger partial charge in [0.05, 0.1) is 11.9 Å². The number of piperidine rings is 1. The first-order valence-electron chi connectivity index (χ1n) is 9.26. The number of nitrogen functional groups attached to an aromatic ring is 1. The fraction of sp³-hybridized carbons (Fsp3) is 0.600. The lowest BCUT2D eigenvalue weighted by Gasteiger charge is -2.37. The molecule has 1 aliphatic rings. The van der Waals surface area contributed by atoms with Gasteiger partial charge in [0.15, 0.2) is 0 Å². The molecule has 142 valence electrons. The Morgan fingerprint density at radius 2 is 2.08 bits per heavy atom. The van der Waals surface area contributed by atoms with Gasteiger partial charge in [-0.15, -0.1) is 0 Å². The zero-order valence-electron chi connectivity index (χ0n) is 16.7. The highest BCUT2D eigenvalue weighted by Crippen LogP contribution is 2.39. The second-order valence-electron chi connectivity index (χ2n) is 8.53. The molecule has 2 aromatic rings. The number of nitrogens with two attached hydrogens (primary N) is 1. The van der Waals surface area contributed by atoms with Crippen LogP contribution in [-0.2, 0) is 11.8 Å². The van der Waals surface area contributed by atoms with Crippen molar-refractivity contribution in [2.75, 3.05) is 18.8 Å². The number of amides is 1. The molecule has 0 radical (unpaired) electrons. The van der Waals surface area contributed by atoms with Gasteiger partial charge in [0.2, 0.25) is 0 Å². The summed E-state index contributed by atoms with van der Waals surface area (Å²) in [6, 6.07) is 0. The van der Waals surface area contributed by atoms with E-state index in [0.29, 0.717) is 24.9 Å². The lowest BCUT2D eigenvalue weighted by molar-refractivity contribution is 0.0155. The summed E-state index contributed by atoms with van der Waals surface area (Å²) in [6.07, 6.45) is 4.60. The Morgan fingerprint density at radius 1 is 1.38 bits per heavy atom. The molecule has 26 heavy (non-hydrogen) atoms. The molecule has 1 fully saturated rings. The molecule has 6 nitrogen and oxygen atoms in total. The number of nitrogens with zero attached hydrogens (tertiary/aromatic N) is 3. The number of aromatic nitrogens is 2. The summed E-state index contributed by atoms with van der Waals surface area (Å²) in [5, 5.41) is 1.16. The van der Waals surface area contributed by atoms with Crippen LogP contribution >= 0.6 is 0 Å². The number of anilines is 1. The van der Waals surface area contributed by atoms with E-state index in [1.165, 1.54) is 5.56 Å². The molecule has 0 unspecified atom stereocenters. The van der Waals surface area contributed by atoms with Crippen LogP contribution in [0.25, 0.3) is 11.0 Å². The van der Waals surface area contributed by atoms with Crippen LogP contribution in [0.3, 0.4) is 0 Å². The summed E-state index contributed by atoms with van der Waals surface area (Å²) in [6.45, 7) is 11.4. The second-order valence-corrected chi connectivity index (χ2v) is 8.53.